The molecule has 0 aliphatic carbocycles. The maximum atomic E-state index is 4.35. The van der Waals surface area contributed by atoms with Crippen LogP contribution in [0.5, 0.6) is 0 Å². The summed E-state index contributed by atoms with van der Waals surface area (Å²) in [6.07, 6.45) is 1.88. The molecule has 1 aliphatic heterocycles. The Balaban J connectivity index is 2.49. The molecule has 0 atom stereocenters. The highest BCUT2D eigenvalue weighted by molar-refractivity contribution is 8.15. The summed E-state index contributed by atoms with van der Waals surface area (Å²) in [5.74, 6) is 0.922. The second kappa shape index (κ2) is 4.34. The third-order valence-electron chi connectivity index (χ3n) is 1.35. The van der Waals surface area contributed by atoms with Crippen LogP contribution < -0.4 is 0 Å². The summed E-state index contributed by atoms with van der Waals surface area (Å²) in [6, 6.07) is 0. The minimum absolute atomic E-state index is 0.844. The first-order valence-electron chi connectivity index (χ1n) is 3.64. The summed E-state index contributed by atoms with van der Waals surface area (Å²) in [5, 5.41) is 1.08. The number of hydrogen-bond donors (Lipinski definition) is 0. The molecule has 0 aromatic carbocycles. The predicted molar refractivity (Wildman–Crippen MR) is 52.9 cm³/mol. The molecule has 0 radical (unpaired) electrons. The number of rotatable bonds is 2. The highest BCUT2D eigenvalue weighted by atomic mass is 32.2. The lowest BCUT2D eigenvalue weighted by Crippen LogP contribution is -2.14. The van der Waals surface area contributed by atoms with Gasteiger partial charge in [0.15, 0.2) is 0 Å². The number of aliphatic imine (C=N–C) groups is 2. The summed E-state index contributed by atoms with van der Waals surface area (Å²) in [5.41, 5.74) is 1.07. The predicted octanol–water partition coefficient (Wildman–Crippen LogP) is 1.78. The van der Waals surface area contributed by atoms with E-state index in [0.29, 0.717) is 0 Å². The van der Waals surface area contributed by atoms with Gasteiger partial charge in [0.25, 0.3) is 0 Å². The van der Waals surface area contributed by atoms with Crippen LogP contribution in [0, 0.1) is 0 Å². The van der Waals surface area contributed by atoms with E-state index in [9.17, 15) is 0 Å². The minimum Gasteiger partial charge on any atom is -0.285 e. The van der Waals surface area contributed by atoms with Crippen LogP contribution in [-0.2, 0) is 0 Å². The molecular formula is C8H12N2S. The van der Waals surface area contributed by atoms with Crippen LogP contribution in [0.2, 0.25) is 0 Å². The first kappa shape index (κ1) is 8.53. The van der Waals surface area contributed by atoms with Crippen molar-refractivity contribution in [3.05, 3.63) is 12.7 Å². The molecule has 1 heterocycles. The second-order valence-electron chi connectivity index (χ2n) is 2.25. The first-order valence-corrected chi connectivity index (χ1v) is 4.62. The van der Waals surface area contributed by atoms with Crippen molar-refractivity contribution < 1.29 is 0 Å². The van der Waals surface area contributed by atoms with Crippen molar-refractivity contribution in [1.82, 2.24) is 0 Å². The van der Waals surface area contributed by atoms with Crippen LogP contribution in [0.3, 0.4) is 0 Å². The zero-order valence-corrected chi connectivity index (χ0v) is 7.52. The van der Waals surface area contributed by atoms with Crippen LogP contribution in [0.1, 0.15) is 6.92 Å². The Bertz CT molecular complexity index is 206. The summed E-state index contributed by atoms with van der Waals surface area (Å²) in [6.45, 7) is 7.36. The normalized spacial score (nSPS) is 17.2. The smallest absolute Gasteiger partial charge is 0.112 e. The van der Waals surface area contributed by atoms with E-state index < -0.39 is 0 Å². The molecule has 0 bridgehead atoms. The highest BCUT2D eigenvalue weighted by Gasteiger charge is 2.06. The lowest BCUT2D eigenvalue weighted by Gasteiger charge is -2.08. The fourth-order valence-corrected chi connectivity index (χ4v) is 1.57. The number of thioether (sulfide) groups is 1. The lowest BCUT2D eigenvalue weighted by atomic mass is 10.4. The summed E-state index contributed by atoms with van der Waals surface area (Å²) < 4.78 is 0. The van der Waals surface area contributed by atoms with Crippen LogP contribution in [-0.4, -0.2) is 29.6 Å². The number of hydrogen-bond acceptors (Lipinski definition) is 3. The van der Waals surface area contributed by atoms with Gasteiger partial charge < -0.3 is 0 Å². The summed E-state index contributed by atoms with van der Waals surface area (Å²) >= 11 is 1.71. The van der Waals surface area contributed by atoms with Gasteiger partial charge in [-0.3, -0.25) is 9.98 Å². The fourth-order valence-electron chi connectivity index (χ4n) is 0.839. The van der Waals surface area contributed by atoms with Gasteiger partial charge in [0.05, 0.1) is 18.8 Å². The van der Waals surface area contributed by atoms with Gasteiger partial charge >= 0.3 is 0 Å². The van der Waals surface area contributed by atoms with E-state index in [1.807, 2.05) is 13.0 Å². The zero-order chi connectivity index (χ0) is 8.10. The van der Waals surface area contributed by atoms with Gasteiger partial charge in [-0.2, -0.15) is 0 Å². The molecule has 11 heavy (non-hydrogen) atoms. The summed E-state index contributed by atoms with van der Waals surface area (Å²) in [4.78, 5) is 8.64. The summed E-state index contributed by atoms with van der Waals surface area (Å²) in [7, 11) is 0. The monoisotopic (exact) mass is 168 g/mol. The fraction of sp³-hybridized carbons (Fsp3) is 0.500. The Labute approximate surface area is 71.5 Å². The van der Waals surface area contributed by atoms with Crippen molar-refractivity contribution in [2.45, 2.75) is 6.92 Å². The molecular weight excluding hydrogens is 156 g/mol. The quantitative estimate of drug-likeness (QED) is 0.577. The average Bonchev–Trinajstić information content (AvgIpc) is 2.03. The van der Waals surface area contributed by atoms with Crippen molar-refractivity contribution in [2.75, 3.05) is 18.8 Å². The third kappa shape index (κ3) is 2.50. The second-order valence-corrected chi connectivity index (χ2v) is 3.26. The van der Waals surface area contributed by atoms with Crippen molar-refractivity contribution in [1.29, 1.82) is 0 Å². The van der Waals surface area contributed by atoms with E-state index in [1.165, 1.54) is 0 Å². The van der Waals surface area contributed by atoms with Crippen molar-refractivity contribution in [3.8, 4) is 0 Å². The van der Waals surface area contributed by atoms with Gasteiger partial charge in [-0.15, -0.1) is 18.3 Å². The molecule has 0 unspecified atom stereocenters. The molecule has 3 heteroatoms. The van der Waals surface area contributed by atoms with Crippen molar-refractivity contribution >= 4 is 22.5 Å². The molecule has 0 amide bonds. The van der Waals surface area contributed by atoms with E-state index >= 15 is 0 Å². The van der Waals surface area contributed by atoms with E-state index in [4.69, 9.17) is 0 Å². The first-order chi connectivity index (χ1) is 5.34. The SMILES string of the molecule is C=CCSC1=NCCN=C1C. The molecule has 1 rings (SSSR count). The Morgan fingerprint density at radius 3 is 2.91 bits per heavy atom. The van der Waals surface area contributed by atoms with Crippen LogP contribution in [0.4, 0.5) is 0 Å². The Kier molecular flexibility index (Phi) is 3.36. The van der Waals surface area contributed by atoms with E-state index in [-0.39, 0.29) is 0 Å². The molecule has 0 N–H and O–H groups in total. The maximum absolute atomic E-state index is 4.35. The Morgan fingerprint density at radius 2 is 2.27 bits per heavy atom. The van der Waals surface area contributed by atoms with Gasteiger partial charge in [0.2, 0.25) is 0 Å². The third-order valence-corrected chi connectivity index (χ3v) is 2.45. The molecule has 0 fully saturated rings. The number of nitrogens with zero attached hydrogens (tertiary/aromatic N) is 2. The van der Waals surface area contributed by atoms with E-state index in [0.717, 1.165) is 29.6 Å². The Hall–Kier alpha value is -0.570. The van der Waals surface area contributed by atoms with Crippen LogP contribution in [0.25, 0.3) is 0 Å². The standard InChI is InChI=1S/C8H12N2S/c1-3-6-11-8-7(2)9-4-5-10-8/h3H,1,4-6H2,2H3. The molecule has 0 aromatic rings. The molecule has 2 nitrogen and oxygen atoms in total. The average molecular weight is 168 g/mol. The minimum atomic E-state index is 0.844. The van der Waals surface area contributed by atoms with E-state index in [2.05, 4.69) is 16.6 Å². The molecule has 0 saturated carbocycles. The molecule has 0 aromatic heterocycles. The lowest BCUT2D eigenvalue weighted by molar-refractivity contribution is 0.967. The molecule has 1 aliphatic rings. The van der Waals surface area contributed by atoms with Gasteiger partial charge in [-0.05, 0) is 6.92 Å². The maximum Gasteiger partial charge on any atom is 0.112 e. The highest BCUT2D eigenvalue weighted by Crippen LogP contribution is 2.08. The van der Waals surface area contributed by atoms with Crippen molar-refractivity contribution in [2.24, 2.45) is 9.98 Å². The Morgan fingerprint density at radius 1 is 1.55 bits per heavy atom. The molecule has 0 saturated heterocycles. The van der Waals surface area contributed by atoms with Crippen molar-refractivity contribution in [3.63, 3.8) is 0 Å². The van der Waals surface area contributed by atoms with Crippen LogP contribution >= 0.6 is 11.8 Å². The zero-order valence-electron chi connectivity index (χ0n) is 6.71. The molecule has 0 spiro atoms. The van der Waals surface area contributed by atoms with Gasteiger partial charge in [0, 0.05) is 5.75 Å². The van der Waals surface area contributed by atoms with Gasteiger partial charge in [-0.25, -0.2) is 0 Å². The van der Waals surface area contributed by atoms with Crippen LogP contribution in [0.15, 0.2) is 22.6 Å². The largest absolute Gasteiger partial charge is 0.285 e. The topological polar surface area (TPSA) is 24.7 Å². The molecule has 60 valence electrons. The van der Waals surface area contributed by atoms with Gasteiger partial charge in [0.1, 0.15) is 5.04 Å². The van der Waals surface area contributed by atoms with E-state index in [1.54, 1.807) is 11.8 Å². The van der Waals surface area contributed by atoms with Gasteiger partial charge in [-0.1, -0.05) is 6.08 Å².